The Kier molecular flexibility index (Phi) is 4.14. The molecule has 0 radical (unpaired) electrons. The first kappa shape index (κ1) is 13.5. The molecule has 2 nitrogen and oxygen atoms in total. The zero-order chi connectivity index (χ0) is 13.1. The summed E-state index contributed by atoms with van der Waals surface area (Å²) in [4.78, 5) is 0. The number of rotatable bonds is 4. The molecule has 0 aliphatic heterocycles. The average Bonchev–Trinajstić information content (AvgIpc) is 2.18. The molecule has 0 unspecified atom stereocenters. The van der Waals surface area contributed by atoms with Crippen molar-refractivity contribution in [1.29, 1.82) is 0 Å². The monoisotopic (exact) mass is 256 g/mol. The lowest BCUT2D eigenvalue weighted by atomic mass is 10.2. The molecule has 0 saturated carbocycles. The molecule has 0 aromatic heterocycles. The summed E-state index contributed by atoms with van der Waals surface area (Å²) in [6, 6.07) is 2.56. The molecule has 96 valence electrons. The van der Waals surface area contributed by atoms with Gasteiger partial charge in [-0.15, -0.1) is 13.2 Å². The Morgan fingerprint density at radius 3 is 2.35 bits per heavy atom. The Morgan fingerprint density at radius 2 is 1.88 bits per heavy atom. The van der Waals surface area contributed by atoms with Crippen LogP contribution < -0.4 is 9.47 Å². The molecule has 0 fully saturated rings. The fourth-order valence-corrected chi connectivity index (χ4v) is 1.18. The van der Waals surface area contributed by atoms with Crippen LogP contribution in [0.25, 0.3) is 0 Å². The van der Waals surface area contributed by atoms with Crippen LogP contribution >= 0.6 is 0 Å². The van der Waals surface area contributed by atoms with Gasteiger partial charge in [0.1, 0.15) is 11.5 Å². The van der Waals surface area contributed by atoms with Crippen LogP contribution in [-0.4, -0.2) is 13.0 Å². The molecule has 0 saturated heterocycles. The van der Waals surface area contributed by atoms with Gasteiger partial charge in [-0.1, -0.05) is 0 Å². The molecule has 1 rings (SSSR count). The quantitative estimate of drug-likeness (QED) is 0.760. The smallest absolute Gasteiger partial charge is 0.493 e. The molecular weight excluding hydrogens is 247 g/mol. The first-order valence-electron chi connectivity index (χ1n) is 4.64. The summed E-state index contributed by atoms with van der Waals surface area (Å²) in [6.07, 6.45) is -7.85. The van der Waals surface area contributed by atoms with Crippen LogP contribution in [0.2, 0.25) is 0 Å². The molecule has 0 N–H and O–H groups in total. The number of halogens is 5. The molecule has 0 aliphatic rings. The number of hydrogen-bond donors (Lipinski definition) is 0. The Hall–Kier alpha value is -1.53. The predicted molar refractivity (Wildman–Crippen MR) is 49.3 cm³/mol. The first-order chi connectivity index (χ1) is 7.83. The lowest BCUT2D eigenvalue weighted by molar-refractivity contribution is -0.274. The van der Waals surface area contributed by atoms with E-state index in [0.29, 0.717) is 6.07 Å². The maximum atomic E-state index is 12.5. The van der Waals surface area contributed by atoms with Gasteiger partial charge in [0.15, 0.2) is 0 Å². The maximum Gasteiger partial charge on any atom is 0.573 e. The van der Waals surface area contributed by atoms with E-state index in [0.717, 1.165) is 12.1 Å². The number of ether oxygens (including phenoxy) is 2. The van der Waals surface area contributed by atoms with Gasteiger partial charge in [0.05, 0.1) is 12.2 Å². The van der Waals surface area contributed by atoms with Gasteiger partial charge < -0.3 is 9.47 Å². The van der Waals surface area contributed by atoms with Crippen molar-refractivity contribution in [3.63, 3.8) is 0 Å². The molecule has 1 aromatic rings. The summed E-state index contributed by atoms with van der Waals surface area (Å²) >= 11 is 0. The highest BCUT2D eigenvalue weighted by Gasteiger charge is 2.31. The largest absolute Gasteiger partial charge is 0.573 e. The van der Waals surface area contributed by atoms with E-state index >= 15 is 0 Å². The van der Waals surface area contributed by atoms with E-state index in [1.54, 1.807) is 6.92 Å². The molecule has 17 heavy (non-hydrogen) atoms. The van der Waals surface area contributed by atoms with Crippen molar-refractivity contribution in [1.82, 2.24) is 0 Å². The van der Waals surface area contributed by atoms with Crippen LogP contribution in [0.1, 0.15) is 18.9 Å². The van der Waals surface area contributed by atoms with Crippen molar-refractivity contribution in [2.75, 3.05) is 6.61 Å². The van der Waals surface area contributed by atoms with Crippen molar-refractivity contribution >= 4 is 0 Å². The van der Waals surface area contributed by atoms with Gasteiger partial charge in [-0.25, -0.2) is 8.78 Å². The van der Waals surface area contributed by atoms with E-state index in [9.17, 15) is 22.0 Å². The molecule has 0 heterocycles. The Morgan fingerprint density at radius 1 is 1.24 bits per heavy atom. The first-order valence-corrected chi connectivity index (χ1v) is 4.64. The fourth-order valence-electron chi connectivity index (χ4n) is 1.18. The predicted octanol–water partition coefficient (Wildman–Crippen LogP) is 3.92. The van der Waals surface area contributed by atoms with E-state index < -0.39 is 24.1 Å². The highest BCUT2D eigenvalue weighted by molar-refractivity contribution is 5.41. The molecule has 7 heteroatoms. The van der Waals surface area contributed by atoms with Gasteiger partial charge in [-0.05, 0) is 25.1 Å². The Balaban J connectivity index is 3.01. The zero-order valence-corrected chi connectivity index (χ0v) is 8.72. The van der Waals surface area contributed by atoms with E-state index in [4.69, 9.17) is 4.74 Å². The normalized spacial score (nSPS) is 11.7. The van der Waals surface area contributed by atoms with E-state index in [1.807, 2.05) is 0 Å². The molecule has 0 bridgehead atoms. The zero-order valence-electron chi connectivity index (χ0n) is 8.72. The van der Waals surface area contributed by atoms with Gasteiger partial charge in [0, 0.05) is 0 Å². The minimum atomic E-state index is -4.91. The molecule has 0 amide bonds. The third-order valence-electron chi connectivity index (χ3n) is 1.75. The second kappa shape index (κ2) is 5.20. The summed E-state index contributed by atoms with van der Waals surface area (Å²) in [5, 5.41) is 0. The standard InChI is InChI=1S/C10H9F5O2/c1-2-16-8-4-3-6(17-10(13,14)15)5-7(8)9(11)12/h3-5,9H,2H2,1H3. The Bertz CT molecular complexity index is 375. The van der Waals surface area contributed by atoms with E-state index in [1.165, 1.54) is 0 Å². The number of alkyl halides is 5. The fraction of sp³-hybridized carbons (Fsp3) is 0.400. The molecular formula is C10H9F5O2. The van der Waals surface area contributed by atoms with Crippen molar-refractivity contribution in [2.45, 2.75) is 19.7 Å². The van der Waals surface area contributed by atoms with Crippen LogP contribution in [0.15, 0.2) is 18.2 Å². The van der Waals surface area contributed by atoms with E-state index in [-0.39, 0.29) is 12.4 Å². The van der Waals surface area contributed by atoms with Crippen LogP contribution in [-0.2, 0) is 0 Å². The minimum Gasteiger partial charge on any atom is -0.493 e. The lowest BCUT2D eigenvalue weighted by Crippen LogP contribution is -2.17. The topological polar surface area (TPSA) is 18.5 Å². The molecule has 0 aliphatic carbocycles. The molecule has 1 aromatic carbocycles. The van der Waals surface area contributed by atoms with Crippen LogP contribution in [0.3, 0.4) is 0 Å². The third kappa shape index (κ3) is 4.08. The van der Waals surface area contributed by atoms with E-state index in [2.05, 4.69) is 4.74 Å². The van der Waals surface area contributed by atoms with Crippen molar-refractivity contribution < 1.29 is 31.4 Å². The lowest BCUT2D eigenvalue weighted by Gasteiger charge is -2.13. The van der Waals surface area contributed by atoms with Crippen molar-refractivity contribution in [3.05, 3.63) is 23.8 Å². The van der Waals surface area contributed by atoms with Crippen molar-refractivity contribution in [2.24, 2.45) is 0 Å². The van der Waals surface area contributed by atoms with Gasteiger partial charge in [-0.3, -0.25) is 0 Å². The van der Waals surface area contributed by atoms with Gasteiger partial charge >= 0.3 is 6.36 Å². The number of benzene rings is 1. The Labute approximate surface area is 93.9 Å². The summed E-state index contributed by atoms with van der Waals surface area (Å²) in [5.41, 5.74) is -0.631. The second-order valence-corrected chi connectivity index (χ2v) is 2.98. The number of hydrogen-bond acceptors (Lipinski definition) is 2. The van der Waals surface area contributed by atoms with Crippen LogP contribution in [0.5, 0.6) is 11.5 Å². The second-order valence-electron chi connectivity index (χ2n) is 2.98. The van der Waals surface area contributed by atoms with Crippen molar-refractivity contribution in [3.8, 4) is 11.5 Å². The minimum absolute atomic E-state index is 0.138. The van der Waals surface area contributed by atoms with Gasteiger partial charge in [0.25, 0.3) is 6.43 Å². The molecule has 0 spiro atoms. The highest BCUT2D eigenvalue weighted by Crippen LogP contribution is 2.34. The third-order valence-corrected chi connectivity index (χ3v) is 1.75. The summed E-state index contributed by atoms with van der Waals surface area (Å²) in [5.74, 6) is -0.853. The van der Waals surface area contributed by atoms with Crippen LogP contribution in [0, 0.1) is 0 Å². The SMILES string of the molecule is CCOc1ccc(OC(F)(F)F)cc1C(F)F. The van der Waals surface area contributed by atoms with Gasteiger partial charge in [-0.2, -0.15) is 0 Å². The summed E-state index contributed by atoms with van der Waals surface area (Å²) in [7, 11) is 0. The van der Waals surface area contributed by atoms with Gasteiger partial charge in [0.2, 0.25) is 0 Å². The van der Waals surface area contributed by atoms with Crippen LogP contribution in [0.4, 0.5) is 22.0 Å². The molecule has 0 atom stereocenters. The summed E-state index contributed by atoms with van der Waals surface area (Å²) < 4.78 is 69.1. The highest BCUT2D eigenvalue weighted by atomic mass is 19.4. The maximum absolute atomic E-state index is 12.5. The average molecular weight is 256 g/mol. The summed E-state index contributed by atoms with van der Waals surface area (Å²) in [6.45, 7) is 1.72.